The van der Waals surface area contributed by atoms with Crippen LogP contribution in [0.25, 0.3) is 0 Å². The molecule has 7 heteroatoms. The summed E-state index contributed by atoms with van der Waals surface area (Å²) in [6.45, 7) is -0.426. The van der Waals surface area contributed by atoms with Gasteiger partial charge in [-0.05, 0) is 12.5 Å². The third-order valence-electron chi connectivity index (χ3n) is 2.59. The van der Waals surface area contributed by atoms with Crippen molar-refractivity contribution in [1.29, 1.82) is 0 Å². The van der Waals surface area contributed by atoms with E-state index in [1.807, 2.05) is 0 Å². The zero-order chi connectivity index (χ0) is 13.3. The summed E-state index contributed by atoms with van der Waals surface area (Å²) >= 11 is 0. The van der Waals surface area contributed by atoms with Gasteiger partial charge >= 0.3 is 6.18 Å². The van der Waals surface area contributed by atoms with E-state index in [2.05, 4.69) is 0 Å². The van der Waals surface area contributed by atoms with Gasteiger partial charge in [0.25, 0.3) is 0 Å². The lowest BCUT2D eigenvalue weighted by atomic mass is 9.79. The molecule has 2 radical (unpaired) electrons. The number of hydrogen-bond acceptors (Lipinski definition) is 2. The van der Waals surface area contributed by atoms with E-state index in [1.165, 1.54) is 18.2 Å². The molecule has 0 heterocycles. The highest BCUT2D eigenvalue weighted by atomic mass is 19.4. The summed E-state index contributed by atoms with van der Waals surface area (Å²) in [5.74, 6) is 0. The number of nitro groups is 1. The SMILES string of the molecule is [B]c1cccc(C(C)(C[N+](=O)[O-])C(F)(F)F)c1. The Morgan fingerprint density at radius 2 is 2.00 bits per heavy atom. The fraction of sp³-hybridized carbons (Fsp3) is 0.400. The molecular formula is C10H9BF3NO2. The van der Waals surface area contributed by atoms with E-state index in [4.69, 9.17) is 7.85 Å². The summed E-state index contributed by atoms with van der Waals surface area (Å²) in [6, 6.07) is 5.06. The van der Waals surface area contributed by atoms with Gasteiger partial charge in [0.1, 0.15) is 7.85 Å². The fourth-order valence-electron chi connectivity index (χ4n) is 1.48. The lowest BCUT2D eigenvalue weighted by molar-refractivity contribution is -0.500. The zero-order valence-corrected chi connectivity index (χ0v) is 8.99. The molecule has 0 N–H and O–H groups in total. The van der Waals surface area contributed by atoms with Gasteiger partial charge in [0, 0.05) is 4.92 Å². The van der Waals surface area contributed by atoms with Gasteiger partial charge in [0.15, 0.2) is 5.41 Å². The minimum absolute atomic E-state index is 0.140. The maximum atomic E-state index is 12.9. The summed E-state index contributed by atoms with van der Waals surface area (Å²) in [4.78, 5) is 9.42. The van der Waals surface area contributed by atoms with Crippen molar-refractivity contribution in [1.82, 2.24) is 0 Å². The van der Waals surface area contributed by atoms with E-state index in [-0.39, 0.29) is 11.0 Å². The van der Waals surface area contributed by atoms with Gasteiger partial charge in [-0.3, -0.25) is 10.1 Å². The Hall–Kier alpha value is -1.53. The van der Waals surface area contributed by atoms with Crippen LogP contribution in [-0.2, 0) is 5.41 Å². The highest BCUT2D eigenvalue weighted by Gasteiger charge is 2.56. The van der Waals surface area contributed by atoms with Crippen LogP contribution in [0.5, 0.6) is 0 Å². The van der Waals surface area contributed by atoms with Crippen LogP contribution in [0.3, 0.4) is 0 Å². The van der Waals surface area contributed by atoms with E-state index in [0.29, 0.717) is 0 Å². The Morgan fingerprint density at radius 1 is 1.41 bits per heavy atom. The molecule has 3 nitrogen and oxygen atoms in total. The van der Waals surface area contributed by atoms with Gasteiger partial charge in [-0.15, -0.1) is 0 Å². The number of hydrogen-bond donors (Lipinski definition) is 0. The van der Waals surface area contributed by atoms with E-state index in [1.54, 1.807) is 0 Å². The molecule has 0 spiro atoms. The lowest BCUT2D eigenvalue weighted by Crippen LogP contribution is -2.45. The van der Waals surface area contributed by atoms with Crippen LogP contribution < -0.4 is 5.46 Å². The first-order chi connectivity index (χ1) is 7.67. The number of alkyl halides is 3. The summed E-state index contributed by atoms with van der Waals surface area (Å²) < 4.78 is 38.8. The van der Waals surface area contributed by atoms with Crippen molar-refractivity contribution in [2.24, 2.45) is 0 Å². The van der Waals surface area contributed by atoms with Crippen LogP contribution in [0, 0.1) is 10.1 Å². The van der Waals surface area contributed by atoms with Gasteiger partial charge in [-0.2, -0.15) is 13.2 Å². The minimum atomic E-state index is -4.71. The van der Waals surface area contributed by atoms with Crippen molar-refractivity contribution < 1.29 is 18.1 Å². The van der Waals surface area contributed by atoms with Crippen LogP contribution in [0.4, 0.5) is 13.2 Å². The average Bonchev–Trinajstić information content (AvgIpc) is 2.14. The molecule has 17 heavy (non-hydrogen) atoms. The Kier molecular flexibility index (Phi) is 3.49. The highest BCUT2D eigenvalue weighted by molar-refractivity contribution is 6.32. The molecule has 0 saturated heterocycles. The van der Waals surface area contributed by atoms with Crippen molar-refractivity contribution in [2.75, 3.05) is 6.54 Å². The van der Waals surface area contributed by atoms with Crippen LogP contribution in [0.15, 0.2) is 24.3 Å². The molecule has 0 bridgehead atoms. The molecule has 0 amide bonds. The van der Waals surface area contributed by atoms with Gasteiger partial charge in [0.2, 0.25) is 6.54 Å². The molecule has 0 saturated carbocycles. The van der Waals surface area contributed by atoms with E-state index in [9.17, 15) is 23.3 Å². The summed E-state index contributed by atoms with van der Waals surface area (Å²) in [6.07, 6.45) is -4.71. The van der Waals surface area contributed by atoms with Gasteiger partial charge in [0.05, 0.1) is 0 Å². The second-order valence-electron chi connectivity index (χ2n) is 3.95. The molecule has 1 unspecified atom stereocenters. The topological polar surface area (TPSA) is 43.1 Å². The maximum absolute atomic E-state index is 12.9. The molecule has 90 valence electrons. The predicted octanol–water partition coefficient (Wildman–Crippen LogP) is 1.58. The molecule has 0 aromatic heterocycles. The molecule has 0 fully saturated rings. The summed E-state index contributed by atoms with van der Waals surface area (Å²) in [5.41, 5.74) is -2.60. The molecule has 1 atom stereocenters. The second-order valence-corrected chi connectivity index (χ2v) is 3.95. The van der Waals surface area contributed by atoms with Crippen LogP contribution in [0.2, 0.25) is 0 Å². The first kappa shape index (κ1) is 13.5. The minimum Gasteiger partial charge on any atom is -0.265 e. The average molecular weight is 243 g/mol. The standard InChI is InChI=1S/C10H9BF3NO2/c1-9(6-15(16)17,10(12,13)14)7-3-2-4-8(11)5-7/h2-5H,6H2,1H3. The first-order valence-corrected chi connectivity index (χ1v) is 4.71. The maximum Gasteiger partial charge on any atom is 0.404 e. The Balaban J connectivity index is 3.29. The number of benzene rings is 1. The van der Waals surface area contributed by atoms with E-state index < -0.39 is 23.1 Å². The highest BCUT2D eigenvalue weighted by Crippen LogP contribution is 2.40. The number of halogens is 3. The molecule has 0 aliphatic carbocycles. The molecular weight excluding hydrogens is 234 g/mol. The third-order valence-corrected chi connectivity index (χ3v) is 2.59. The monoisotopic (exact) mass is 243 g/mol. The fourth-order valence-corrected chi connectivity index (χ4v) is 1.48. The lowest BCUT2D eigenvalue weighted by Gasteiger charge is -2.28. The molecule has 0 aliphatic heterocycles. The Bertz CT molecular complexity index is 436. The largest absolute Gasteiger partial charge is 0.404 e. The zero-order valence-electron chi connectivity index (χ0n) is 8.99. The predicted molar refractivity (Wildman–Crippen MR) is 57.1 cm³/mol. The van der Waals surface area contributed by atoms with Gasteiger partial charge in [-0.25, -0.2) is 0 Å². The Morgan fingerprint density at radius 3 is 2.41 bits per heavy atom. The summed E-state index contributed by atoms with van der Waals surface area (Å²) in [7, 11) is 5.39. The molecule has 1 aromatic rings. The third kappa shape index (κ3) is 2.78. The van der Waals surface area contributed by atoms with Crippen molar-refractivity contribution in [3.05, 3.63) is 39.9 Å². The Labute approximate surface area is 97.2 Å². The van der Waals surface area contributed by atoms with Crippen molar-refractivity contribution in [2.45, 2.75) is 18.5 Å². The van der Waals surface area contributed by atoms with Crippen LogP contribution >= 0.6 is 0 Å². The van der Waals surface area contributed by atoms with Gasteiger partial charge in [-0.1, -0.05) is 29.7 Å². The smallest absolute Gasteiger partial charge is 0.265 e. The van der Waals surface area contributed by atoms with Crippen molar-refractivity contribution in [3.63, 3.8) is 0 Å². The molecule has 1 aromatic carbocycles. The summed E-state index contributed by atoms with van der Waals surface area (Å²) in [5, 5.41) is 10.4. The van der Waals surface area contributed by atoms with Crippen LogP contribution in [-0.4, -0.2) is 25.5 Å². The quantitative estimate of drug-likeness (QED) is 0.459. The number of rotatable bonds is 3. The van der Waals surface area contributed by atoms with E-state index in [0.717, 1.165) is 13.0 Å². The van der Waals surface area contributed by atoms with Crippen LogP contribution in [0.1, 0.15) is 12.5 Å². The number of nitrogens with zero attached hydrogens (tertiary/aromatic N) is 1. The normalized spacial score (nSPS) is 15.3. The van der Waals surface area contributed by atoms with Gasteiger partial charge < -0.3 is 0 Å². The van der Waals surface area contributed by atoms with Crippen molar-refractivity contribution >= 4 is 13.3 Å². The molecule has 1 rings (SSSR count). The first-order valence-electron chi connectivity index (χ1n) is 4.71. The molecule has 0 aliphatic rings. The second kappa shape index (κ2) is 4.39. The van der Waals surface area contributed by atoms with Crippen molar-refractivity contribution in [3.8, 4) is 0 Å². The van der Waals surface area contributed by atoms with E-state index >= 15 is 0 Å².